The van der Waals surface area contributed by atoms with Crippen molar-refractivity contribution < 1.29 is 0 Å². The lowest BCUT2D eigenvalue weighted by molar-refractivity contribution is 1.43. The summed E-state index contributed by atoms with van der Waals surface area (Å²) in [5.41, 5.74) is 13.3. The van der Waals surface area contributed by atoms with Gasteiger partial charge >= 0.3 is 0 Å². The summed E-state index contributed by atoms with van der Waals surface area (Å²) in [5, 5.41) is 1.88. The van der Waals surface area contributed by atoms with Crippen molar-refractivity contribution in [3.63, 3.8) is 0 Å². The fraction of sp³-hybridized carbons (Fsp3) is 0.111. The van der Waals surface area contributed by atoms with E-state index in [4.69, 9.17) is 23.1 Å². The molecule has 0 saturated carbocycles. The Bertz CT molecular complexity index is 450. The van der Waals surface area contributed by atoms with Gasteiger partial charge in [0.1, 0.15) is 0 Å². The molecule has 0 bridgehead atoms. The highest BCUT2D eigenvalue weighted by Gasteiger charge is 2.06. The summed E-state index contributed by atoms with van der Waals surface area (Å²) in [6.45, 7) is 0. The second-order valence-electron chi connectivity index (χ2n) is 2.84. The first kappa shape index (κ1) is 8.66. The van der Waals surface area contributed by atoms with E-state index in [-0.39, 0.29) is 0 Å². The number of hydrogen-bond acceptors (Lipinski definition) is 3. The number of halogens is 1. The number of alkyl halides is 1. The molecule has 0 amide bonds. The quantitative estimate of drug-likeness (QED) is 0.564. The fourth-order valence-corrected chi connectivity index (χ4v) is 2.44. The Labute approximate surface area is 85.1 Å². The number of rotatable bonds is 1. The van der Waals surface area contributed by atoms with E-state index < -0.39 is 0 Å². The van der Waals surface area contributed by atoms with Crippen molar-refractivity contribution in [2.45, 2.75) is 5.88 Å². The molecular formula is C9H9ClN2S. The molecule has 0 aliphatic carbocycles. The van der Waals surface area contributed by atoms with Crippen molar-refractivity contribution in [1.29, 1.82) is 0 Å². The van der Waals surface area contributed by atoms with Gasteiger partial charge in [0.05, 0.1) is 15.4 Å². The fourth-order valence-electron chi connectivity index (χ4n) is 1.30. The molecule has 4 heteroatoms. The SMILES string of the molecule is Nc1cc2ccc(CCl)c(N)c2s1. The van der Waals surface area contributed by atoms with Gasteiger partial charge in [0.15, 0.2) is 0 Å². The first-order chi connectivity index (χ1) is 6.22. The van der Waals surface area contributed by atoms with Crippen LogP contribution in [0.5, 0.6) is 0 Å². The maximum Gasteiger partial charge on any atom is 0.0869 e. The van der Waals surface area contributed by atoms with Crippen LogP contribution in [0, 0.1) is 0 Å². The molecule has 0 saturated heterocycles. The highest BCUT2D eigenvalue weighted by molar-refractivity contribution is 7.23. The zero-order chi connectivity index (χ0) is 9.42. The van der Waals surface area contributed by atoms with Crippen molar-refractivity contribution in [3.05, 3.63) is 23.8 Å². The van der Waals surface area contributed by atoms with E-state index in [1.165, 1.54) is 11.3 Å². The third kappa shape index (κ3) is 1.34. The van der Waals surface area contributed by atoms with Gasteiger partial charge in [0.2, 0.25) is 0 Å². The van der Waals surface area contributed by atoms with Crippen LogP contribution in [0.3, 0.4) is 0 Å². The molecule has 2 rings (SSSR count). The smallest absolute Gasteiger partial charge is 0.0869 e. The van der Waals surface area contributed by atoms with Gasteiger partial charge in [0.25, 0.3) is 0 Å². The van der Waals surface area contributed by atoms with Crippen molar-refractivity contribution in [2.75, 3.05) is 11.5 Å². The molecule has 68 valence electrons. The average Bonchev–Trinajstić information content (AvgIpc) is 2.47. The second-order valence-corrected chi connectivity index (χ2v) is 4.19. The predicted octanol–water partition coefficient (Wildman–Crippen LogP) is 2.80. The molecule has 4 N–H and O–H groups in total. The monoisotopic (exact) mass is 212 g/mol. The van der Waals surface area contributed by atoms with Crippen LogP contribution in [0.25, 0.3) is 10.1 Å². The zero-order valence-electron chi connectivity index (χ0n) is 6.88. The number of nitrogen functional groups attached to an aromatic ring is 2. The Morgan fingerprint density at radius 1 is 1.31 bits per heavy atom. The van der Waals surface area contributed by atoms with E-state index in [0.29, 0.717) is 5.88 Å². The lowest BCUT2D eigenvalue weighted by Crippen LogP contribution is -1.90. The van der Waals surface area contributed by atoms with Crippen LogP contribution < -0.4 is 11.5 Å². The van der Waals surface area contributed by atoms with E-state index in [1.54, 1.807) is 0 Å². The van der Waals surface area contributed by atoms with Gasteiger partial charge in [-0.05, 0) is 17.0 Å². The molecule has 0 spiro atoms. The molecule has 0 atom stereocenters. The molecule has 0 unspecified atom stereocenters. The van der Waals surface area contributed by atoms with Crippen molar-refractivity contribution >= 4 is 43.7 Å². The summed E-state index contributed by atoms with van der Waals surface area (Å²) < 4.78 is 1.04. The van der Waals surface area contributed by atoms with E-state index >= 15 is 0 Å². The molecule has 0 radical (unpaired) electrons. The first-order valence-corrected chi connectivity index (χ1v) is 5.20. The zero-order valence-corrected chi connectivity index (χ0v) is 8.45. The molecular weight excluding hydrogens is 204 g/mol. The van der Waals surface area contributed by atoms with Crippen LogP contribution in [-0.4, -0.2) is 0 Å². The van der Waals surface area contributed by atoms with Gasteiger partial charge in [-0.25, -0.2) is 0 Å². The highest BCUT2D eigenvalue weighted by atomic mass is 35.5. The number of anilines is 2. The van der Waals surface area contributed by atoms with Gasteiger partial charge in [-0.3, -0.25) is 0 Å². The van der Waals surface area contributed by atoms with Crippen LogP contribution in [0.15, 0.2) is 18.2 Å². The van der Waals surface area contributed by atoms with E-state index in [9.17, 15) is 0 Å². The molecule has 1 aromatic carbocycles. The number of hydrogen-bond donors (Lipinski definition) is 2. The number of fused-ring (bicyclic) bond motifs is 1. The average molecular weight is 213 g/mol. The molecule has 13 heavy (non-hydrogen) atoms. The molecule has 1 heterocycles. The van der Waals surface area contributed by atoms with Crippen molar-refractivity contribution in [1.82, 2.24) is 0 Å². The van der Waals surface area contributed by atoms with Gasteiger partial charge in [-0.2, -0.15) is 0 Å². The Morgan fingerprint density at radius 3 is 2.77 bits per heavy atom. The summed E-state index contributed by atoms with van der Waals surface area (Å²) >= 11 is 7.24. The van der Waals surface area contributed by atoms with Crippen LogP contribution in [0.1, 0.15) is 5.56 Å². The minimum absolute atomic E-state index is 0.444. The highest BCUT2D eigenvalue weighted by Crippen LogP contribution is 2.34. The van der Waals surface area contributed by atoms with Crippen molar-refractivity contribution in [3.8, 4) is 0 Å². The number of thiophene rings is 1. The second kappa shape index (κ2) is 3.09. The third-order valence-electron chi connectivity index (χ3n) is 1.98. The molecule has 0 aliphatic heterocycles. The maximum atomic E-state index is 5.91. The molecule has 0 fully saturated rings. The van der Waals surface area contributed by atoms with E-state index in [2.05, 4.69) is 0 Å². The lowest BCUT2D eigenvalue weighted by Gasteiger charge is -2.01. The van der Waals surface area contributed by atoms with Crippen molar-refractivity contribution in [2.24, 2.45) is 0 Å². The standard InChI is InChI=1S/C9H9ClN2S/c10-4-6-2-1-5-3-7(11)13-9(5)8(6)12/h1-3H,4,11-12H2. The van der Waals surface area contributed by atoms with Gasteiger partial charge in [-0.15, -0.1) is 22.9 Å². The molecule has 2 aromatic rings. The Kier molecular flexibility index (Phi) is 2.06. The van der Waals surface area contributed by atoms with Crippen LogP contribution in [-0.2, 0) is 5.88 Å². The number of benzene rings is 1. The van der Waals surface area contributed by atoms with Crippen LogP contribution in [0.4, 0.5) is 10.7 Å². The third-order valence-corrected chi connectivity index (χ3v) is 3.28. The summed E-state index contributed by atoms with van der Waals surface area (Å²) in [5.74, 6) is 0.444. The minimum atomic E-state index is 0.444. The summed E-state index contributed by atoms with van der Waals surface area (Å²) in [6, 6.07) is 5.86. The Morgan fingerprint density at radius 2 is 2.08 bits per heavy atom. The largest absolute Gasteiger partial charge is 0.397 e. The molecule has 0 aliphatic rings. The van der Waals surface area contributed by atoms with Crippen LogP contribution in [0.2, 0.25) is 0 Å². The van der Waals surface area contributed by atoms with E-state index in [1.807, 2.05) is 18.2 Å². The van der Waals surface area contributed by atoms with Gasteiger partial charge in [-0.1, -0.05) is 12.1 Å². The van der Waals surface area contributed by atoms with Gasteiger partial charge < -0.3 is 11.5 Å². The Hall–Kier alpha value is -0.930. The maximum absolute atomic E-state index is 5.91. The normalized spacial score (nSPS) is 10.8. The lowest BCUT2D eigenvalue weighted by atomic mass is 10.1. The predicted molar refractivity (Wildman–Crippen MR) is 60.2 cm³/mol. The Balaban J connectivity index is 2.78. The number of nitrogens with two attached hydrogens (primary N) is 2. The summed E-state index contributed by atoms with van der Waals surface area (Å²) in [4.78, 5) is 0. The van der Waals surface area contributed by atoms with Crippen LogP contribution >= 0.6 is 22.9 Å². The minimum Gasteiger partial charge on any atom is -0.397 e. The summed E-state index contributed by atoms with van der Waals surface area (Å²) in [7, 11) is 0. The molecule has 1 aromatic heterocycles. The first-order valence-electron chi connectivity index (χ1n) is 3.84. The summed E-state index contributed by atoms with van der Waals surface area (Å²) in [6.07, 6.45) is 0. The van der Waals surface area contributed by atoms with E-state index in [0.717, 1.165) is 26.3 Å². The van der Waals surface area contributed by atoms with Gasteiger partial charge in [0, 0.05) is 5.88 Å². The molecule has 2 nitrogen and oxygen atoms in total. The topological polar surface area (TPSA) is 52.0 Å².